The minimum absolute atomic E-state index is 0.00589. The molecule has 0 unspecified atom stereocenters. The highest BCUT2D eigenvalue weighted by atomic mass is 16.5. The second-order valence-corrected chi connectivity index (χ2v) is 7.95. The number of aliphatic hydroxyl groups is 1. The lowest BCUT2D eigenvalue weighted by atomic mass is 9.60. The van der Waals surface area contributed by atoms with E-state index in [1.807, 2.05) is 24.3 Å². The number of rotatable bonds is 4. The Morgan fingerprint density at radius 2 is 1.76 bits per heavy atom. The highest BCUT2D eigenvalue weighted by Gasteiger charge is 2.67. The van der Waals surface area contributed by atoms with E-state index < -0.39 is 5.54 Å². The van der Waals surface area contributed by atoms with Crippen molar-refractivity contribution in [3.63, 3.8) is 0 Å². The molecule has 2 amide bonds. The summed E-state index contributed by atoms with van der Waals surface area (Å²) in [5.41, 5.74) is 2.80. The zero-order valence-corrected chi connectivity index (χ0v) is 17.0. The van der Waals surface area contributed by atoms with Gasteiger partial charge in [0.25, 0.3) is 0 Å². The first-order valence-corrected chi connectivity index (χ1v) is 9.82. The number of carbonyl (C=O) groups is 2. The van der Waals surface area contributed by atoms with Crippen LogP contribution >= 0.6 is 0 Å². The van der Waals surface area contributed by atoms with Crippen LogP contribution in [0.15, 0.2) is 48.5 Å². The summed E-state index contributed by atoms with van der Waals surface area (Å²) in [5.74, 6) is 0.766. The van der Waals surface area contributed by atoms with Gasteiger partial charge in [0, 0.05) is 32.9 Å². The van der Waals surface area contributed by atoms with E-state index in [-0.39, 0.29) is 30.4 Å². The van der Waals surface area contributed by atoms with Gasteiger partial charge in [-0.1, -0.05) is 36.4 Å². The van der Waals surface area contributed by atoms with E-state index in [0.29, 0.717) is 13.1 Å². The van der Waals surface area contributed by atoms with E-state index in [0.717, 1.165) is 22.4 Å². The fraction of sp³-hybridized carbons (Fsp3) is 0.391. The first-order chi connectivity index (χ1) is 13.9. The van der Waals surface area contributed by atoms with E-state index in [9.17, 15) is 14.7 Å². The van der Waals surface area contributed by atoms with Gasteiger partial charge in [0.05, 0.1) is 25.3 Å². The normalized spacial score (nSPS) is 22.1. The lowest BCUT2D eigenvalue weighted by Gasteiger charge is -2.70. The third-order valence-electron chi connectivity index (χ3n) is 6.35. The third-order valence-corrected chi connectivity index (χ3v) is 6.35. The topological polar surface area (TPSA) is 70.1 Å². The molecule has 0 bridgehead atoms. The average molecular weight is 394 g/mol. The second-order valence-electron chi connectivity index (χ2n) is 7.95. The first-order valence-electron chi connectivity index (χ1n) is 9.82. The third kappa shape index (κ3) is 2.99. The van der Waals surface area contributed by atoms with Crippen LogP contribution in [-0.2, 0) is 9.59 Å². The SMILES string of the molecule is COc1cccc(-c2ccc([C@H]3[C@@H](CO)N(C(C)=O)C34CN(C(C)=O)C4)cc2)c1. The first kappa shape index (κ1) is 19.5. The van der Waals surface area contributed by atoms with Crippen molar-refractivity contribution >= 4 is 11.8 Å². The lowest BCUT2D eigenvalue weighted by molar-refractivity contribution is -0.200. The molecular weight excluding hydrogens is 368 g/mol. The number of methoxy groups -OCH3 is 1. The van der Waals surface area contributed by atoms with E-state index in [1.165, 1.54) is 6.92 Å². The number of benzene rings is 2. The van der Waals surface area contributed by atoms with Gasteiger partial charge in [-0.05, 0) is 28.8 Å². The molecular formula is C23H26N2O4. The molecule has 0 aliphatic carbocycles. The maximum Gasteiger partial charge on any atom is 0.220 e. The van der Waals surface area contributed by atoms with Gasteiger partial charge in [0.1, 0.15) is 5.75 Å². The zero-order chi connectivity index (χ0) is 20.8. The van der Waals surface area contributed by atoms with Crippen LogP contribution in [0.4, 0.5) is 0 Å². The van der Waals surface area contributed by atoms with Gasteiger partial charge in [0.15, 0.2) is 0 Å². The minimum atomic E-state index is -0.414. The summed E-state index contributed by atoms with van der Waals surface area (Å²) in [5, 5.41) is 9.97. The minimum Gasteiger partial charge on any atom is -0.497 e. The average Bonchev–Trinajstić information content (AvgIpc) is 2.66. The maximum absolute atomic E-state index is 12.3. The lowest BCUT2D eigenvalue weighted by Crippen LogP contribution is -2.85. The molecule has 2 heterocycles. The maximum atomic E-state index is 12.3. The molecule has 2 aliphatic rings. The fourth-order valence-corrected chi connectivity index (χ4v) is 5.04. The van der Waals surface area contributed by atoms with E-state index in [4.69, 9.17) is 4.74 Å². The van der Waals surface area contributed by atoms with Gasteiger partial charge in [-0.15, -0.1) is 0 Å². The molecule has 2 atom stereocenters. The largest absolute Gasteiger partial charge is 0.497 e. The molecule has 0 saturated carbocycles. The quantitative estimate of drug-likeness (QED) is 0.864. The van der Waals surface area contributed by atoms with Crippen LogP contribution in [0.5, 0.6) is 5.75 Å². The predicted molar refractivity (Wildman–Crippen MR) is 110 cm³/mol. The van der Waals surface area contributed by atoms with Crippen molar-refractivity contribution < 1.29 is 19.4 Å². The molecule has 4 rings (SSSR count). The molecule has 152 valence electrons. The number of ether oxygens (including phenoxy) is 1. The standard InChI is InChI=1S/C23H26N2O4/c1-15(27)24-13-23(14-24)22(21(12-26)25(23)16(2)28)18-9-7-17(8-10-18)19-5-4-6-20(11-19)29-3/h4-11,21-22,26H,12-14H2,1-3H3/t21-,22+/m1/s1. The predicted octanol–water partition coefficient (Wildman–Crippen LogP) is 2.27. The number of amides is 2. The summed E-state index contributed by atoms with van der Waals surface area (Å²) >= 11 is 0. The van der Waals surface area contributed by atoms with Crippen molar-refractivity contribution in [2.24, 2.45) is 0 Å². The summed E-state index contributed by atoms with van der Waals surface area (Å²) < 4.78 is 5.31. The van der Waals surface area contributed by atoms with Crippen LogP contribution in [0.25, 0.3) is 11.1 Å². The highest BCUT2D eigenvalue weighted by molar-refractivity contribution is 5.80. The van der Waals surface area contributed by atoms with E-state index >= 15 is 0 Å². The molecule has 2 saturated heterocycles. The number of nitrogens with zero attached hydrogens (tertiary/aromatic N) is 2. The van der Waals surface area contributed by atoms with Crippen LogP contribution in [0.1, 0.15) is 25.3 Å². The van der Waals surface area contributed by atoms with Crippen molar-refractivity contribution in [1.82, 2.24) is 9.80 Å². The molecule has 2 aliphatic heterocycles. The van der Waals surface area contributed by atoms with Crippen molar-refractivity contribution in [1.29, 1.82) is 0 Å². The van der Waals surface area contributed by atoms with Crippen LogP contribution in [0.3, 0.4) is 0 Å². The van der Waals surface area contributed by atoms with Gasteiger partial charge in [0.2, 0.25) is 11.8 Å². The Bertz CT molecular complexity index is 934. The van der Waals surface area contributed by atoms with Crippen LogP contribution in [0.2, 0.25) is 0 Å². The number of carbonyl (C=O) groups excluding carboxylic acids is 2. The summed E-state index contributed by atoms with van der Waals surface area (Å²) in [6, 6.07) is 15.9. The van der Waals surface area contributed by atoms with Gasteiger partial charge in [-0.2, -0.15) is 0 Å². The molecule has 6 nitrogen and oxygen atoms in total. The van der Waals surface area contributed by atoms with Crippen LogP contribution in [0, 0.1) is 0 Å². The van der Waals surface area contributed by atoms with E-state index in [2.05, 4.69) is 24.3 Å². The summed E-state index contributed by atoms with van der Waals surface area (Å²) in [4.78, 5) is 27.5. The smallest absolute Gasteiger partial charge is 0.220 e. The zero-order valence-electron chi connectivity index (χ0n) is 17.0. The Hall–Kier alpha value is -2.86. The Morgan fingerprint density at radius 3 is 2.31 bits per heavy atom. The molecule has 6 heteroatoms. The molecule has 1 spiro atoms. The molecule has 0 aromatic heterocycles. The van der Waals surface area contributed by atoms with Crippen molar-refractivity contribution in [3.05, 3.63) is 54.1 Å². The number of hydrogen-bond acceptors (Lipinski definition) is 4. The Labute approximate surface area is 170 Å². The Morgan fingerprint density at radius 1 is 1.07 bits per heavy atom. The number of hydrogen-bond donors (Lipinski definition) is 1. The van der Waals surface area contributed by atoms with Crippen molar-refractivity contribution in [3.8, 4) is 16.9 Å². The number of aliphatic hydroxyl groups excluding tert-OH is 1. The Balaban J connectivity index is 1.63. The Kier molecular flexibility index (Phi) is 4.82. The summed E-state index contributed by atoms with van der Waals surface area (Å²) in [6.07, 6.45) is 0. The monoisotopic (exact) mass is 394 g/mol. The molecule has 0 radical (unpaired) electrons. The van der Waals surface area contributed by atoms with Gasteiger partial charge < -0.3 is 19.6 Å². The molecule has 2 fully saturated rings. The molecule has 2 aromatic rings. The van der Waals surface area contributed by atoms with Crippen LogP contribution < -0.4 is 4.74 Å². The number of likely N-dealkylation sites (tertiary alicyclic amines) is 2. The van der Waals surface area contributed by atoms with Gasteiger partial charge in [-0.3, -0.25) is 9.59 Å². The molecule has 29 heavy (non-hydrogen) atoms. The molecule has 2 aromatic carbocycles. The highest BCUT2D eigenvalue weighted by Crippen LogP contribution is 2.53. The van der Waals surface area contributed by atoms with E-state index in [1.54, 1.807) is 23.8 Å². The van der Waals surface area contributed by atoms with Gasteiger partial charge >= 0.3 is 0 Å². The summed E-state index contributed by atoms with van der Waals surface area (Å²) in [7, 11) is 1.65. The fourth-order valence-electron chi connectivity index (χ4n) is 5.04. The van der Waals surface area contributed by atoms with Gasteiger partial charge in [-0.25, -0.2) is 0 Å². The van der Waals surface area contributed by atoms with Crippen LogP contribution in [-0.4, -0.2) is 65.1 Å². The van der Waals surface area contributed by atoms with Crippen molar-refractivity contribution in [2.45, 2.75) is 31.3 Å². The molecule has 1 N–H and O–H groups in total. The second kappa shape index (κ2) is 7.19. The summed E-state index contributed by atoms with van der Waals surface area (Å²) in [6.45, 7) is 4.01. The van der Waals surface area contributed by atoms with Crippen molar-refractivity contribution in [2.75, 3.05) is 26.8 Å².